The highest BCUT2D eigenvalue weighted by atomic mass is 32.1. The standard InChI is InChI=1S/C19H21N5O2S/c1-11-9-15-17(27-11)16(18(26)24-8-6-13(25)10-24)23-19(22-15)21-12(2)14-5-3-4-7-20-14/h3-5,7,9,12-13,25H,6,8,10H2,1-2H3,(H,21,22,23)/t12-,13-/m0/s1. The van der Waals surface area contributed by atoms with E-state index in [1.165, 1.54) is 11.3 Å². The van der Waals surface area contributed by atoms with E-state index in [0.29, 0.717) is 31.2 Å². The first-order valence-corrected chi connectivity index (χ1v) is 9.76. The van der Waals surface area contributed by atoms with E-state index in [2.05, 4.69) is 20.3 Å². The first-order chi connectivity index (χ1) is 13.0. The fourth-order valence-corrected chi connectivity index (χ4v) is 4.17. The van der Waals surface area contributed by atoms with Gasteiger partial charge in [0.1, 0.15) is 0 Å². The smallest absolute Gasteiger partial charge is 0.274 e. The quantitative estimate of drug-likeness (QED) is 0.720. The van der Waals surface area contributed by atoms with Gasteiger partial charge in [0.25, 0.3) is 5.91 Å². The summed E-state index contributed by atoms with van der Waals surface area (Å²) in [6.07, 6.45) is 1.89. The summed E-state index contributed by atoms with van der Waals surface area (Å²) in [5, 5.41) is 13.0. The molecular weight excluding hydrogens is 362 g/mol. The number of carbonyl (C=O) groups is 1. The zero-order valence-corrected chi connectivity index (χ0v) is 16.0. The van der Waals surface area contributed by atoms with Crippen molar-refractivity contribution in [1.82, 2.24) is 19.9 Å². The molecule has 0 aromatic carbocycles. The van der Waals surface area contributed by atoms with Gasteiger partial charge in [0, 0.05) is 24.2 Å². The van der Waals surface area contributed by atoms with E-state index in [9.17, 15) is 9.90 Å². The van der Waals surface area contributed by atoms with Crippen LogP contribution in [0.4, 0.5) is 5.95 Å². The fraction of sp³-hybridized carbons (Fsp3) is 0.368. The SMILES string of the molecule is Cc1cc2nc(N[C@@H](C)c3ccccn3)nc(C(=O)N3CC[C@H](O)C3)c2s1. The highest BCUT2D eigenvalue weighted by Gasteiger charge is 2.28. The lowest BCUT2D eigenvalue weighted by molar-refractivity contribution is 0.0761. The number of hydrogen-bond donors (Lipinski definition) is 2. The van der Waals surface area contributed by atoms with Gasteiger partial charge in [-0.3, -0.25) is 9.78 Å². The third-order valence-corrected chi connectivity index (χ3v) is 5.67. The van der Waals surface area contributed by atoms with Crippen LogP contribution in [0.15, 0.2) is 30.5 Å². The minimum atomic E-state index is -0.460. The Labute approximate surface area is 161 Å². The predicted octanol–water partition coefficient (Wildman–Crippen LogP) is 2.77. The number of nitrogens with one attached hydrogen (secondary N) is 1. The normalized spacial score (nSPS) is 18.0. The van der Waals surface area contributed by atoms with Gasteiger partial charge in [-0.1, -0.05) is 6.07 Å². The van der Waals surface area contributed by atoms with Crippen molar-refractivity contribution in [3.8, 4) is 0 Å². The van der Waals surface area contributed by atoms with Gasteiger partial charge in [0.05, 0.1) is 28.1 Å². The van der Waals surface area contributed by atoms with Crippen molar-refractivity contribution in [2.75, 3.05) is 18.4 Å². The number of fused-ring (bicyclic) bond motifs is 1. The molecule has 0 spiro atoms. The Morgan fingerprint density at radius 1 is 1.41 bits per heavy atom. The number of pyridine rings is 1. The largest absolute Gasteiger partial charge is 0.391 e. The van der Waals surface area contributed by atoms with Gasteiger partial charge in [-0.05, 0) is 38.5 Å². The topological polar surface area (TPSA) is 91.2 Å². The highest BCUT2D eigenvalue weighted by Crippen LogP contribution is 2.29. The number of carbonyl (C=O) groups excluding carboxylic acids is 1. The van der Waals surface area contributed by atoms with Crippen molar-refractivity contribution in [1.29, 1.82) is 0 Å². The van der Waals surface area contributed by atoms with Crippen LogP contribution >= 0.6 is 11.3 Å². The molecule has 3 aromatic rings. The Balaban J connectivity index is 1.69. The van der Waals surface area contributed by atoms with Crippen LogP contribution in [-0.2, 0) is 0 Å². The Bertz CT molecular complexity index is 975. The van der Waals surface area contributed by atoms with Crippen LogP contribution in [-0.4, -0.2) is 50.1 Å². The van der Waals surface area contributed by atoms with E-state index in [0.717, 1.165) is 20.8 Å². The maximum atomic E-state index is 13.0. The van der Waals surface area contributed by atoms with Gasteiger partial charge >= 0.3 is 0 Å². The van der Waals surface area contributed by atoms with Gasteiger partial charge in [0.2, 0.25) is 5.95 Å². The maximum absolute atomic E-state index is 13.0. The van der Waals surface area contributed by atoms with Crippen LogP contribution in [0, 0.1) is 6.92 Å². The number of aliphatic hydroxyl groups is 1. The molecule has 0 radical (unpaired) electrons. The molecule has 3 aromatic heterocycles. The van der Waals surface area contributed by atoms with Crippen LogP contribution in [0.5, 0.6) is 0 Å². The second kappa shape index (κ2) is 7.21. The number of aliphatic hydroxyl groups excluding tert-OH is 1. The molecule has 4 rings (SSSR count). The molecule has 2 N–H and O–H groups in total. The van der Waals surface area contributed by atoms with Crippen molar-refractivity contribution in [2.45, 2.75) is 32.4 Å². The summed E-state index contributed by atoms with van der Waals surface area (Å²) in [6, 6.07) is 7.60. The van der Waals surface area contributed by atoms with E-state index in [4.69, 9.17) is 0 Å². The van der Waals surface area contributed by atoms with Gasteiger partial charge in [-0.15, -0.1) is 11.3 Å². The first kappa shape index (κ1) is 17.8. The number of rotatable bonds is 4. The summed E-state index contributed by atoms with van der Waals surface area (Å²) >= 11 is 1.52. The molecule has 0 unspecified atom stereocenters. The molecular formula is C19H21N5O2S. The van der Waals surface area contributed by atoms with Crippen LogP contribution in [0.25, 0.3) is 10.2 Å². The molecule has 0 bridgehead atoms. The molecule has 8 heteroatoms. The number of aryl methyl sites for hydroxylation is 1. The molecule has 1 aliphatic rings. The number of hydrogen-bond acceptors (Lipinski definition) is 7. The van der Waals surface area contributed by atoms with Crippen molar-refractivity contribution in [3.05, 3.63) is 46.7 Å². The molecule has 0 aliphatic carbocycles. The van der Waals surface area contributed by atoms with Crippen LogP contribution < -0.4 is 5.32 Å². The molecule has 0 saturated carbocycles. The van der Waals surface area contributed by atoms with E-state index in [-0.39, 0.29) is 11.9 Å². The number of anilines is 1. The molecule has 27 heavy (non-hydrogen) atoms. The summed E-state index contributed by atoms with van der Waals surface area (Å²) in [4.78, 5) is 29.2. The lowest BCUT2D eigenvalue weighted by atomic mass is 10.2. The van der Waals surface area contributed by atoms with Gasteiger partial charge < -0.3 is 15.3 Å². The predicted molar refractivity (Wildman–Crippen MR) is 105 cm³/mol. The number of β-amino-alcohol motifs (C(OH)–C–C–N with tert-alkyl or cyclic N) is 1. The second-order valence-corrected chi connectivity index (χ2v) is 8.04. The zero-order valence-electron chi connectivity index (χ0n) is 15.2. The highest BCUT2D eigenvalue weighted by molar-refractivity contribution is 7.19. The van der Waals surface area contributed by atoms with Gasteiger partial charge in [0.15, 0.2) is 5.69 Å². The third kappa shape index (κ3) is 3.63. The Morgan fingerprint density at radius 3 is 2.96 bits per heavy atom. The Kier molecular flexibility index (Phi) is 4.75. The summed E-state index contributed by atoms with van der Waals surface area (Å²) in [5.74, 6) is 0.246. The van der Waals surface area contributed by atoms with Crippen LogP contribution in [0.2, 0.25) is 0 Å². The monoisotopic (exact) mass is 383 g/mol. The van der Waals surface area contributed by atoms with Gasteiger partial charge in [-0.25, -0.2) is 9.97 Å². The minimum Gasteiger partial charge on any atom is -0.391 e. The third-order valence-electron chi connectivity index (χ3n) is 4.62. The fourth-order valence-electron chi connectivity index (χ4n) is 3.23. The van der Waals surface area contributed by atoms with Crippen molar-refractivity contribution in [2.24, 2.45) is 0 Å². The van der Waals surface area contributed by atoms with Crippen LogP contribution in [0.3, 0.4) is 0 Å². The van der Waals surface area contributed by atoms with Crippen molar-refractivity contribution < 1.29 is 9.90 Å². The molecule has 140 valence electrons. The van der Waals surface area contributed by atoms with Gasteiger partial charge in [-0.2, -0.15) is 0 Å². The molecule has 4 heterocycles. The molecule has 1 saturated heterocycles. The van der Waals surface area contributed by atoms with E-state index < -0.39 is 6.10 Å². The van der Waals surface area contributed by atoms with E-state index in [1.54, 1.807) is 11.1 Å². The summed E-state index contributed by atoms with van der Waals surface area (Å²) in [6.45, 7) is 4.86. The average molecular weight is 383 g/mol. The number of amides is 1. The van der Waals surface area contributed by atoms with Crippen molar-refractivity contribution >= 4 is 33.4 Å². The molecule has 2 atom stereocenters. The number of aromatic nitrogens is 3. The molecule has 1 amide bonds. The zero-order chi connectivity index (χ0) is 19.0. The lowest BCUT2D eigenvalue weighted by Gasteiger charge is -2.17. The second-order valence-electron chi connectivity index (χ2n) is 6.78. The summed E-state index contributed by atoms with van der Waals surface area (Å²) in [5.41, 5.74) is 2.02. The number of likely N-dealkylation sites (tertiary alicyclic amines) is 1. The molecule has 1 fully saturated rings. The number of thiophene rings is 1. The first-order valence-electron chi connectivity index (χ1n) is 8.94. The Morgan fingerprint density at radius 2 is 2.26 bits per heavy atom. The van der Waals surface area contributed by atoms with Crippen LogP contribution in [0.1, 0.15) is 40.4 Å². The Hall–Kier alpha value is -2.58. The summed E-state index contributed by atoms with van der Waals surface area (Å²) in [7, 11) is 0. The summed E-state index contributed by atoms with van der Waals surface area (Å²) < 4.78 is 0.787. The van der Waals surface area contributed by atoms with E-state index in [1.807, 2.05) is 38.1 Å². The number of nitrogens with zero attached hydrogens (tertiary/aromatic N) is 4. The molecule has 7 nitrogen and oxygen atoms in total. The lowest BCUT2D eigenvalue weighted by Crippen LogP contribution is -2.30. The van der Waals surface area contributed by atoms with Crippen molar-refractivity contribution in [3.63, 3.8) is 0 Å². The maximum Gasteiger partial charge on any atom is 0.274 e. The average Bonchev–Trinajstić information content (AvgIpc) is 3.26. The van der Waals surface area contributed by atoms with E-state index >= 15 is 0 Å². The minimum absolute atomic E-state index is 0.0973. The molecule has 1 aliphatic heterocycles.